The molecule has 1 aliphatic heterocycles. The zero-order chi connectivity index (χ0) is 13.1. The van der Waals surface area contributed by atoms with Crippen molar-refractivity contribution in [1.82, 2.24) is 15.0 Å². The molecule has 7 nitrogen and oxygen atoms in total. The highest BCUT2D eigenvalue weighted by molar-refractivity contribution is 5.44. The summed E-state index contributed by atoms with van der Waals surface area (Å²) in [4.78, 5) is 15.4. The maximum Gasteiger partial charge on any atom is 0.243 e. The molecule has 104 valence electrons. The third-order valence-electron chi connectivity index (χ3n) is 3.83. The Balaban J connectivity index is 1.78. The van der Waals surface area contributed by atoms with Gasteiger partial charge >= 0.3 is 0 Å². The fraction of sp³-hybridized carbons (Fsp3) is 0.750. The number of hydrogen-bond donors (Lipinski definition) is 3. The Morgan fingerprint density at radius 3 is 2.32 bits per heavy atom. The number of piperidine rings is 1. The molecule has 0 aromatic carbocycles. The normalized spacial score (nSPS) is 19.9. The number of nitrogens with two attached hydrogens (primary N) is 1. The lowest BCUT2D eigenvalue weighted by molar-refractivity contribution is 0.443. The van der Waals surface area contributed by atoms with E-state index < -0.39 is 0 Å². The minimum atomic E-state index is 0.428. The summed E-state index contributed by atoms with van der Waals surface area (Å²) in [6.07, 6.45) is 7.34. The number of nitrogens with zero attached hydrogens (tertiary/aromatic N) is 4. The molecule has 2 fully saturated rings. The van der Waals surface area contributed by atoms with Gasteiger partial charge in [0.25, 0.3) is 0 Å². The monoisotopic (exact) mass is 263 g/mol. The number of hydrogen-bond acceptors (Lipinski definition) is 7. The van der Waals surface area contributed by atoms with Crippen molar-refractivity contribution in [2.24, 2.45) is 5.84 Å². The van der Waals surface area contributed by atoms with Gasteiger partial charge in [-0.25, -0.2) is 5.84 Å². The summed E-state index contributed by atoms with van der Waals surface area (Å²) in [6.45, 7) is 2.02. The molecule has 7 heteroatoms. The molecule has 1 aliphatic carbocycles. The lowest BCUT2D eigenvalue weighted by Crippen LogP contribution is -2.33. The van der Waals surface area contributed by atoms with E-state index in [0.717, 1.165) is 19.0 Å². The number of rotatable bonds is 4. The van der Waals surface area contributed by atoms with E-state index in [1.54, 1.807) is 0 Å². The molecule has 1 aromatic heterocycles. The van der Waals surface area contributed by atoms with Crippen LogP contribution in [0.5, 0.6) is 0 Å². The van der Waals surface area contributed by atoms with Crippen LogP contribution < -0.4 is 21.5 Å². The van der Waals surface area contributed by atoms with Crippen LogP contribution in [-0.4, -0.2) is 34.1 Å². The van der Waals surface area contributed by atoms with E-state index in [4.69, 9.17) is 5.84 Å². The molecule has 0 atom stereocenters. The Morgan fingerprint density at radius 2 is 1.68 bits per heavy atom. The minimum Gasteiger partial charge on any atom is -0.351 e. The summed E-state index contributed by atoms with van der Waals surface area (Å²) in [6, 6.07) is 0.502. The first-order valence-corrected chi connectivity index (χ1v) is 7.09. The van der Waals surface area contributed by atoms with Gasteiger partial charge in [0.05, 0.1) is 0 Å². The van der Waals surface area contributed by atoms with Crippen molar-refractivity contribution in [3.8, 4) is 0 Å². The van der Waals surface area contributed by atoms with E-state index in [1.807, 2.05) is 0 Å². The van der Waals surface area contributed by atoms with Crippen LogP contribution in [0.3, 0.4) is 0 Å². The largest absolute Gasteiger partial charge is 0.351 e. The molecule has 2 aliphatic rings. The standard InChI is InChI=1S/C12H21N7/c13-18-11-15-10(14-9-5-4-6-9)16-12(17-11)19-7-2-1-3-8-19/h9H,1-8,13H2,(H2,14,15,16,17,18). The van der Waals surface area contributed by atoms with E-state index in [0.29, 0.717) is 17.9 Å². The molecule has 0 spiro atoms. The van der Waals surface area contributed by atoms with Crippen molar-refractivity contribution >= 4 is 17.8 Å². The minimum absolute atomic E-state index is 0.428. The van der Waals surface area contributed by atoms with Gasteiger partial charge in [-0.15, -0.1) is 0 Å². The molecular weight excluding hydrogens is 242 g/mol. The van der Waals surface area contributed by atoms with Gasteiger partial charge in [-0.3, -0.25) is 5.43 Å². The fourth-order valence-corrected chi connectivity index (χ4v) is 2.46. The summed E-state index contributed by atoms with van der Waals surface area (Å²) in [5.74, 6) is 7.23. The van der Waals surface area contributed by atoms with Gasteiger partial charge in [0.15, 0.2) is 0 Å². The zero-order valence-corrected chi connectivity index (χ0v) is 11.1. The van der Waals surface area contributed by atoms with E-state index in [-0.39, 0.29) is 0 Å². The number of anilines is 3. The molecule has 1 saturated carbocycles. The third kappa shape index (κ3) is 2.86. The number of hydrazine groups is 1. The van der Waals surface area contributed by atoms with Crippen LogP contribution in [0.1, 0.15) is 38.5 Å². The Bertz CT molecular complexity index is 426. The van der Waals surface area contributed by atoms with Crippen LogP contribution in [-0.2, 0) is 0 Å². The molecule has 0 unspecified atom stereocenters. The number of nitrogens with one attached hydrogen (secondary N) is 2. The summed E-state index contributed by atoms with van der Waals surface area (Å²) in [7, 11) is 0. The molecule has 1 aromatic rings. The van der Waals surface area contributed by atoms with Crippen LogP contribution in [0, 0.1) is 0 Å². The van der Waals surface area contributed by atoms with Gasteiger partial charge in [0, 0.05) is 19.1 Å². The SMILES string of the molecule is NNc1nc(NC2CCC2)nc(N2CCCCC2)n1. The molecule has 3 rings (SSSR count). The molecule has 4 N–H and O–H groups in total. The second-order valence-electron chi connectivity index (χ2n) is 5.25. The van der Waals surface area contributed by atoms with E-state index in [2.05, 4.69) is 30.6 Å². The van der Waals surface area contributed by atoms with Crippen molar-refractivity contribution in [2.45, 2.75) is 44.6 Å². The smallest absolute Gasteiger partial charge is 0.243 e. The first-order valence-electron chi connectivity index (χ1n) is 7.09. The van der Waals surface area contributed by atoms with Gasteiger partial charge in [0.1, 0.15) is 0 Å². The van der Waals surface area contributed by atoms with E-state index in [9.17, 15) is 0 Å². The average Bonchev–Trinajstić information content (AvgIpc) is 2.43. The van der Waals surface area contributed by atoms with Crippen LogP contribution in [0.25, 0.3) is 0 Å². The van der Waals surface area contributed by atoms with Crippen LogP contribution in [0.15, 0.2) is 0 Å². The first kappa shape index (κ1) is 12.4. The highest BCUT2D eigenvalue weighted by Crippen LogP contribution is 2.23. The Hall–Kier alpha value is -1.63. The van der Waals surface area contributed by atoms with Gasteiger partial charge in [-0.2, -0.15) is 15.0 Å². The third-order valence-corrected chi connectivity index (χ3v) is 3.83. The predicted octanol–water partition coefficient (Wildman–Crippen LogP) is 1.11. The quantitative estimate of drug-likeness (QED) is 0.553. The summed E-state index contributed by atoms with van der Waals surface area (Å²) >= 11 is 0. The summed E-state index contributed by atoms with van der Waals surface area (Å²) in [5.41, 5.74) is 2.53. The zero-order valence-electron chi connectivity index (χ0n) is 11.1. The maximum absolute atomic E-state index is 5.45. The molecule has 19 heavy (non-hydrogen) atoms. The van der Waals surface area contributed by atoms with Gasteiger partial charge in [-0.1, -0.05) is 0 Å². The Labute approximate surface area is 113 Å². The average molecular weight is 263 g/mol. The first-order chi connectivity index (χ1) is 9.35. The van der Waals surface area contributed by atoms with Gasteiger partial charge in [-0.05, 0) is 38.5 Å². The fourth-order valence-electron chi connectivity index (χ4n) is 2.46. The van der Waals surface area contributed by atoms with Crippen LogP contribution in [0.4, 0.5) is 17.8 Å². The van der Waals surface area contributed by atoms with E-state index >= 15 is 0 Å². The van der Waals surface area contributed by atoms with Crippen LogP contribution >= 0.6 is 0 Å². The summed E-state index contributed by atoms with van der Waals surface area (Å²) < 4.78 is 0. The lowest BCUT2D eigenvalue weighted by Gasteiger charge is -2.29. The molecule has 2 heterocycles. The highest BCUT2D eigenvalue weighted by Gasteiger charge is 2.20. The van der Waals surface area contributed by atoms with Crippen molar-refractivity contribution < 1.29 is 0 Å². The van der Waals surface area contributed by atoms with Gasteiger partial charge < -0.3 is 10.2 Å². The molecular formula is C12H21N7. The van der Waals surface area contributed by atoms with Crippen molar-refractivity contribution in [2.75, 3.05) is 28.7 Å². The topological polar surface area (TPSA) is 92.0 Å². The molecule has 0 bridgehead atoms. The molecule has 0 radical (unpaired) electrons. The lowest BCUT2D eigenvalue weighted by atomic mass is 9.93. The maximum atomic E-state index is 5.45. The van der Waals surface area contributed by atoms with Crippen LogP contribution in [0.2, 0.25) is 0 Å². The highest BCUT2D eigenvalue weighted by atomic mass is 15.4. The molecule has 1 saturated heterocycles. The number of aromatic nitrogens is 3. The van der Waals surface area contributed by atoms with Crippen molar-refractivity contribution in [3.05, 3.63) is 0 Å². The second-order valence-corrected chi connectivity index (χ2v) is 5.25. The number of nitrogen functional groups attached to an aromatic ring is 1. The Kier molecular flexibility index (Phi) is 3.63. The molecule has 0 amide bonds. The summed E-state index contributed by atoms with van der Waals surface area (Å²) in [5, 5.41) is 3.35. The van der Waals surface area contributed by atoms with Crippen molar-refractivity contribution in [1.29, 1.82) is 0 Å². The van der Waals surface area contributed by atoms with E-state index in [1.165, 1.54) is 38.5 Å². The van der Waals surface area contributed by atoms with Crippen molar-refractivity contribution in [3.63, 3.8) is 0 Å². The second kappa shape index (κ2) is 5.56. The predicted molar refractivity (Wildman–Crippen MR) is 75.0 cm³/mol. The Morgan fingerprint density at radius 1 is 0.947 bits per heavy atom. The van der Waals surface area contributed by atoms with Gasteiger partial charge in [0.2, 0.25) is 17.8 Å².